The maximum Gasteiger partial charge on any atom is 0.103 e. The van der Waals surface area contributed by atoms with E-state index >= 15 is 0 Å². The third kappa shape index (κ3) is 3.92. The summed E-state index contributed by atoms with van der Waals surface area (Å²) in [5.74, 6) is 0.535. The first-order valence-corrected chi connectivity index (χ1v) is 8.76. The van der Waals surface area contributed by atoms with Crippen LogP contribution in [0, 0.1) is 17.2 Å². The average molecular weight is 317 g/mol. The molecule has 126 valence electrons. The number of nitrogens with zero attached hydrogens (tertiary/aromatic N) is 5. The summed E-state index contributed by atoms with van der Waals surface area (Å²) in [6, 6.07) is 4.36. The molecule has 0 amide bonds. The number of rotatable bonds is 5. The van der Waals surface area contributed by atoms with E-state index in [0.717, 1.165) is 52.3 Å². The Kier molecular flexibility index (Phi) is 5.65. The highest BCUT2D eigenvalue weighted by Gasteiger charge is 2.31. The summed E-state index contributed by atoms with van der Waals surface area (Å²) in [6.45, 7) is 9.61. The van der Waals surface area contributed by atoms with Gasteiger partial charge in [0.2, 0.25) is 0 Å². The zero-order chi connectivity index (χ0) is 16.1. The van der Waals surface area contributed by atoms with Gasteiger partial charge in [0.25, 0.3) is 0 Å². The zero-order valence-electron chi connectivity index (χ0n) is 14.0. The monoisotopic (exact) mass is 317 g/mol. The van der Waals surface area contributed by atoms with Gasteiger partial charge in [-0.2, -0.15) is 10.4 Å². The summed E-state index contributed by atoms with van der Waals surface area (Å²) in [6.07, 6.45) is 4.42. The van der Waals surface area contributed by atoms with Gasteiger partial charge in [-0.25, -0.2) is 0 Å². The predicted molar refractivity (Wildman–Crippen MR) is 87.8 cm³/mol. The largest absolute Gasteiger partial charge is 0.372 e. The van der Waals surface area contributed by atoms with E-state index in [-0.39, 0.29) is 6.10 Å². The van der Waals surface area contributed by atoms with Gasteiger partial charge in [0.05, 0.1) is 18.3 Å². The fraction of sp³-hybridized carbons (Fsp3) is 0.765. The van der Waals surface area contributed by atoms with Crippen molar-refractivity contribution in [3.05, 3.63) is 18.0 Å². The lowest BCUT2D eigenvalue weighted by molar-refractivity contribution is -0.0468. The molecule has 23 heavy (non-hydrogen) atoms. The SMILES string of the molecule is CCn1nccc1[C@@H]1OCCC[C@H]1CN1CCN(CC#N)CC1. The molecule has 2 aliphatic heterocycles. The lowest BCUT2D eigenvalue weighted by atomic mass is 9.91. The second-order valence-electron chi connectivity index (χ2n) is 6.50. The second-order valence-corrected chi connectivity index (χ2v) is 6.50. The van der Waals surface area contributed by atoms with E-state index in [1.54, 1.807) is 0 Å². The number of ether oxygens (including phenoxy) is 1. The number of hydrogen-bond donors (Lipinski definition) is 0. The van der Waals surface area contributed by atoms with Crippen molar-refractivity contribution >= 4 is 0 Å². The summed E-state index contributed by atoms with van der Waals surface area (Å²) in [5.41, 5.74) is 1.22. The van der Waals surface area contributed by atoms with E-state index in [0.29, 0.717) is 12.5 Å². The quantitative estimate of drug-likeness (QED) is 0.771. The summed E-state index contributed by atoms with van der Waals surface area (Å²) < 4.78 is 8.20. The Morgan fingerprint density at radius 2 is 2.09 bits per heavy atom. The lowest BCUT2D eigenvalue weighted by Gasteiger charge is -2.39. The average Bonchev–Trinajstić information content (AvgIpc) is 3.06. The van der Waals surface area contributed by atoms with Gasteiger partial charge >= 0.3 is 0 Å². The Bertz CT molecular complexity index is 529. The van der Waals surface area contributed by atoms with E-state index < -0.39 is 0 Å². The molecule has 0 unspecified atom stereocenters. The summed E-state index contributed by atoms with van der Waals surface area (Å²) in [7, 11) is 0. The Labute approximate surface area is 138 Å². The van der Waals surface area contributed by atoms with Gasteiger partial charge in [0, 0.05) is 58.0 Å². The van der Waals surface area contributed by atoms with Crippen LogP contribution in [0.2, 0.25) is 0 Å². The van der Waals surface area contributed by atoms with Crippen LogP contribution in [0.5, 0.6) is 0 Å². The van der Waals surface area contributed by atoms with Crippen LogP contribution in [0.25, 0.3) is 0 Å². The van der Waals surface area contributed by atoms with Gasteiger partial charge in [-0.15, -0.1) is 0 Å². The molecule has 0 aromatic carbocycles. The smallest absolute Gasteiger partial charge is 0.103 e. The molecule has 0 spiro atoms. The molecule has 2 aliphatic rings. The van der Waals surface area contributed by atoms with E-state index in [2.05, 4.69) is 38.6 Å². The summed E-state index contributed by atoms with van der Waals surface area (Å²) >= 11 is 0. The highest BCUT2D eigenvalue weighted by atomic mass is 16.5. The first-order valence-electron chi connectivity index (χ1n) is 8.76. The molecular weight excluding hydrogens is 290 g/mol. The van der Waals surface area contributed by atoms with Crippen LogP contribution in [0.3, 0.4) is 0 Å². The molecule has 0 bridgehead atoms. The standard InChI is InChI=1S/C17H27N5O/c1-2-22-16(5-7-19-22)17-15(4-3-13-23-17)14-21-11-9-20(8-6-18)10-12-21/h5,7,15,17H,2-4,8-14H2,1H3/t15-,17+/m0/s1. The number of aromatic nitrogens is 2. The van der Waals surface area contributed by atoms with Crippen molar-refractivity contribution in [3.63, 3.8) is 0 Å². The molecule has 2 fully saturated rings. The Balaban J connectivity index is 1.61. The van der Waals surface area contributed by atoms with Gasteiger partial charge in [-0.05, 0) is 25.8 Å². The van der Waals surface area contributed by atoms with E-state index in [4.69, 9.17) is 10.00 Å². The van der Waals surface area contributed by atoms with Gasteiger partial charge < -0.3 is 9.64 Å². The van der Waals surface area contributed by atoms with E-state index in [1.165, 1.54) is 12.1 Å². The Morgan fingerprint density at radius 3 is 2.83 bits per heavy atom. The fourth-order valence-electron chi connectivity index (χ4n) is 3.77. The van der Waals surface area contributed by atoms with Crippen LogP contribution >= 0.6 is 0 Å². The highest BCUT2D eigenvalue weighted by Crippen LogP contribution is 2.34. The van der Waals surface area contributed by atoms with Gasteiger partial charge in [-0.1, -0.05) is 0 Å². The number of hydrogen-bond acceptors (Lipinski definition) is 5. The molecule has 0 aliphatic carbocycles. The molecule has 0 saturated carbocycles. The lowest BCUT2D eigenvalue weighted by Crippen LogP contribution is -2.48. The van der Waals surface area contributed by atoms with Crippen molar-refractivity contribution in [2.45, 2.75) is 32.4 Å². The van der Waals surface area contributed by atoms with Crippen molar-refractivity contribution in [1.29, 1.82) is 5.26 Å². The normalized spacial score (nSPS) is 27.0. The molecule has 3 heterocycles. The third-order valence-corrected chi connectivity index (χ3v) is 5.04. The van der Waals surface area contributed by atoms with E-state index in [1.807, 2.05) is 6.20 Å². The molecule has 6 nitrogen and oxygen atoms in total. The van der Waals surface area contributed by atoms with Gasteiger partial charge in [-0.3, -0.25) is 9.58 Å². The minimum absolute atomic E-state index is 0.170. The Morgan fingerprint density at radius 1 is 1.30 bits per heavy atom. The third-order valence-electron chi connectivity index (χ3n) is 5.04. The van der Waals surface area contributed by atoms with Crippen molar-refractivity contribution in [2.75, 3.05) is 45.9 Å². The second kappa shape index (κ2) is 7.91. The van der Waals surface area contributed by atoms with Crippen LogP contribution < -0.4 is 0 Å². The topological polar surface area (TPSA) is 57.3 Å². The number of aryl methyl sites for hydroxylation is 1. The first-order chi connectivity index (χ1) is 11.3. The molecule has 1 aromatic heterocycles. The van der Waals surface area contributed by atoms with Crippen LogP contribution in [0.15, 0.2) is 12.3 Å². The predicted octanol–water partition coefficient (Wildman–Crippen LogP) is 1.51. The van der Waals surface area contributed by atoms with Crippen LogP contribution in [-0.4, -0.2) is 65.5 Å². The molecule has 0 radical (unpaired) electrons. The van der Waals surface area contributed by atoms with Crippen LogP contribution in [-0.2, 0) is 11.3 Å². The highest BCUT2D eigenvalue weighted by molar-refractivity contribution is 5.07. The molecule has 2 saturated heterocycles. The molecule has 0 N–H and O–H groups in total. The summed E-state index contributed by atoms with van der Waals surface area (Å²) in [5, 5.41) is 13.2. The van der Waals surface area contributed by atoms with Gasteiger partial charge in [0.1, 0.15) is 6.10 Å². The van der Waals surface area contributed by atoms with Crippen molar-refractivity contribution in [1.82, 2.24) is 19.6 Å². The maximum atomic E-state index is 8.81. The van der Waals surface area contributed by atoms with E-state index in [9.17, 15) is 0 Å². The van der Waals surface area contributed by atoms with Crippen molar-refractivity contribution in [3.8, 4) is 6.07 Å². The molecule has 6 heteroatoms. The number of nitriles is 1. The van der Waals surface area contributed by atoms with Crippen molar-refractivity contribution < 1.29 is 4.74 Å². The fourth-order valence-corrected chi connectivity index (χ4v) is 3.77. The molecule has 3 rings (SSSR count). The molecule has 1 aromatic rings. The summed E-state index contributed by atoms with van der Waals surface area (Å²) in [4.78, 5) is 4.77. The maximum absolute atomic E-state index is 8.81. The molecule has 2 atom stereocenters. The first kappa shape index (κ1) is 16.4. The van der Waals surface area contributed by atoms with Gasteiger partial charge in [0.15, 0.2) is 0 Å². The Hall–Kier alpha value is -1.42. The zero-order valence-corrected chi connectivity index (χ0v) is 14.0. The molecular formula is C17H27N5O. The van der Waals surface area contributed by atoms with Crippen molar-refractivity contribution in [2.24, 2.45) is 5.92 Å². The van der Waals surface area contributed by atoms with Crippen LogP contribution in [0.4, 0.5) is 0 Å². The van der Waals surface area contributed by atoms with Crippen LogP contribution in [0.1, 0.15) is 31.6 Å². The minimum Gasteiger partial charge on any atom is -0.372 e. The minimum atomic E-state index is 0.170. The number of piperazine rings is 1.